The Balaban J connectivity index is 1.72. The molecule has 2 aromatic carbocycles. The minimum absolute atomic E-state index is 0.0138. The van der Waals surface area contributed by atoms with Crippen molar-refractivity contribution in [2.45, 2.75) is 31.2 Å². The van der Waals surface area contributed by atoms with Crippen molar-refractivity contribution in [2.24, 2.45) is 0 Å². The lowest BCUT2D eigenvalue weighted by Crippen LogP contribution is -2.49. The highest BCUT2D eigenvalue weighted by Gasteiger charge is 2.45. The molecule has 1 N–H and O–H groups in total. The first-order chi connectivity index (χ1) is 12.1. The minimum atomic E-state index is -0.537. The van der Waals surface area contributed by atoms with E-state index < -0.39 is 5.41 Å². The number of rotatable bonds is 6. The van der Waals surface area contributed by atoms with Crippen LogP contribution >= 0.6 is 0 Å². The zero-order valence-corrected chi connectivity index (χ0v) is 14.5. The lowest BCUT2D eigenvalue weighted by molar-refractivity contribution is -0.130. The van der Waals surface area contributed by atoms with Gasteiger partial charge in [-0.3, -0.25) is 4.79 Å². The molecule has 0 radical (unpaired) electrons. The molecule has 0 heterocycles. The highest BCUT2D eigenvalue weighted by molar-refractivity contribution is 5.89. The van der Waals surface area contributed by atoms with E-state index in [4.69, 9.17) is 9.47 Å². The summed E-state index contributed by atoms with van der Waals surface area (Å²) in [6.45, 7) is 0.405. The average molecular weight is 343 g/mol. The van der Waals surface area contributed by atoms with Gasteiger partial charge in [-0.05, 0) is 48.2 Å². The summed E-state index contributed by atoms with van der Waals surface area (Å²) >= 11 is 0. The summed E-state index contributed by atoms with van der Waals surface area (Å²) < 4.78 is 23.7. The Morgan fingerprint density at radius 3 is 2.32 bits per heavy atom. The molecule has 0 bridgehead atoms. The number of ether oxygens (including phenoxy) is 2. The highest BCUT2D eigenvalue weighted by atomic mass is 19.1. The fourth-order valence-electron chi connectivity index (χ4n) is 3.29. The Morgan fingerprint density at radius 1 is 1.08 bits per heavy atom. The van der Waals surface area contributed by atoms with Gasteiger partial charge in [-0.1, -0.05) is 24.6 Å². The first-order valence-electron chi connectivity index (χ1n) is 8.34. The van der Waals surface area contributed by atoms with Crippen LogP contribution in [0.4, 0.5) is 4.39 Å². The predicted octanol–water partition coefficient (Wildman–Crippen LogP) is 3.58. The molecule has 1 aliphatic rings. The fourth-order valence-corrected chi connectivity index (χ4v) is 3.29. The van der Waals surface area contributed by atoms with Gasteiger partial charge < -0.3 is 14.8 Å². The minimum Gasteiger partial charge on any atom is -0.493 e. The summed E-state index contributed by atoms with van der Waals surface area (Å²) in [5.41, 5.74) is 1.27. The van der Waals surface area contributed by atoms with E-state index in [1.807, 2.05) is 18.2 Å². The van der Waals surface area contributed by atoms with E-state index in [0.29, 0.717) is 18.0 Å². The van der Waals surface area contributed by atoms with E-state index in [1.165, 1.54) is 12.1 Å². The maximum Gasteiger partial charge on any atom is 0.230 e. The van der Waals surface area contributed by atoms with E-state index in [2.05, 4.69) is 5.32 Å². The first kappa shape index (κ1) is 17.3. The Bertz CT molecular complexity index is 754. The molecule has 0 spiro atoms. The van der Waals surface area contributed by atoms with Crippen molar-refractivity contribution in [3.8, 4) is 11.5 Å². The third kappa shape index (κ3) is 3.31. The van der Waals surface area contributed by atoms with Crippen LogP contribution < -0.4 is 14.8 Å². The van der Waals surface area contributed by atoms with Crippen molar-refractivity contribution >= 4 is 5.91 Å². The summed E-state index contributed by atoms with van der Waals surface area (Å²) in [6, 6.07) is 11.8. The topological polar surface area (TPSA) is 47.6 Å². The molecule has 0 aliphatic heterocycles. The van der Waals surface area contributed by atoms with E-state index >= 15 is 0 Å². The Morgan fingerprint density at radius 2 is 1.76 bits per heavy atom. The number of halogens is 1. The van der Waals surface area contributed by atoms with E-state index in [0.717, 1.165) is 30.4 Å². The molecule has 0 unspecified atom stereocenters. The van der Waals surface area contributed by atoms with E-state index in [-0.39, 0.29) is 11.7 Å². The highest BCUT2D eigenvalue weighted by Crippen LogP contribution is 2.44. The number of benzene rings is 2. The van der Waals surface area contributed by atoms with Crippen LogP contribution in [0, 0.1) is 5.82 Å². The number of methoxy groups -OCH3 is 2. The second kappa shape index (κ2) is 7.13. The molecule has 2 aromatic rings. The molecule has 1 fully saturated rings. The van der Waals surface area contributed by atoms with Crippen LogP contribution in [-0.4, -0.2) is 20.1 Å². The third-order valence-electron chi connectivity index (χ3n) is 4.94. The molecule has 132 valence electrons. The summed E-state index contributed by atoms with van der Waals surface area (Å²) in [6.07, 6.45) is 2.58. The summed E-state index contributed by atoms with van der Waals surface area (Å²) in [4.78, 5) is 12.8. The van der Waals surface area contributed by atoms with Crippen LogP contribution in [0.25, 0.3) is 0 Å². The van der Waals surface area contributed by atoms with Crippen molar-refractivity contribution in [3.05, 3.63) is 59.4 Å². The van der Waals surface area contributed by atoms with Crippen LogP contribution in [0.2, 0.25) is 0 Å². The Hall–Kier alpha value is -2.56. The van der Waals surface area contributed by atoms with Gasteiger partial charge in [0.15, 0.2) is 11.5 Å². The van der Waals surface area contributed by atoms with E-state index in [9.17, 15) is 9.18 Å². The van der Waals surface area contributed by atoms with Gasteiger partial charge in [0.25, 0.3) is 0 Å². The molecule has 0 saturated heterocycles. The number of carbonyl (C=O) groups excluding carboxylic acids is 1. The van der Waals surface area contributed by atoms with Gasteiger partial charge in [0.05, 0.1) is 19.6 Å². The maximum absolute atomic E-state index is 13.2. The molecular formula is C20H22FNO3. The zero-order chi connectivity index (χ0) is 17.9. The molecule has 5 heteroatoms. The van der Waals surface area contributed by atoms with Crippen LogP contribution in [0.15, 0.2) is 42.5 Å². The standard InChI is InChI=1S/C20H22FNO3/c1-24-17-9-4-14(12-18(17)25-2)13-22-19(23)20(10-3-11-20)15-5-7-16(21)8-6-15/h4-9,12H,3,10-11,13H2,1-2H3,(H,22,23). The van der Waals surface area contributed by atoms with Crippen molar-refractivity contribution in [1.29, 1.82) is 0 Å². The molecular weight excluding hydrogens is 321 g/mol. The summed E-state index contributed by atoms with van der Waals surface area (Å²) in [7, 11) is 3.17. The molecule has 1 aliphatic carbocycles. The number of nitrogens with one attached hydrogen (secondary N) is 1. The van der Waals surface area contributed by atoms with Crippen molar-refractivity contribution < 1.29 is 18.7 Å². The zero-order valence-electron chi connectivity index (χ0n) is 14.5. The molecule has 1 amide bonds. The fraction of sp³-hybridized carbons (Fsp3) is 0.350. The number of amides is 1. The largest absolute Gasteiger partial charge is 0.493 e. The van der Waals surface area contributed by atoms with E-state index in [1.54, 1.807) is 26.4 Å². The number of carbonyl (C=O) groups is 1. The SMILES string of the molecule is COc1ccc(CNC(=O)C2(c3ccc(F)cc3)CCC2)cc1OC. The van der Waals surface area contributed by atoms with Gasteiger partial charge in [0, 0.05) is 6.54 Å². The van der Waals surface area contributed by atoms with Gasteiger partial charge in [-0.25, -0.2) is 4.39 Å². The molecule has 4 nitrogen and oxygen atoms in total. The van der Waals surface area contributed by atoms with Gasteiger partial charge in [-0.15, -0.1) is 0 Å². The van der Waals surface area contributed by atoms with Crippen LogP contribution in [0.3, 0.4) is 0 Å². The predicted molar refractivity (Wildman–Crippen MR) is 93.3 cm³/mol. The van der Waals surface area contributed by atoms with Gasteiger partial charge >= 0.3 is 0 Å². The molecule has 0 aromatic heterocycles. The first-order valence-corrected chi connectivity index (χ1v) is 8.34. The van der Waals surface area contributed by atoms with Gasteiger partial charge in [0.1, 0.15) is 5.82 Å². The Kier molecular flexibility index (Phi) is 4.93. The quantitative estimate of drug-likeness (QED) is 0.872. The van der Waals surface area contributed by atoms with Crippen LogP contribution in [-0.2, 0) is 16.8 Å². The lowest BCUT2D eigenvalue weighted by atomic mass is 9.64. The van der Waals surface area contributed by atoms with Crippen molar-refractivity contribution in [2.75, 3.05) is 14.2 Å². The second-order valence-corrected chi connectivity index (χ2v) is 6.31. The molecule has 0 atom stereocenters. The number of hydrogen-bond donors (Lipinski definition) is 1. The van der Waals surface area contributed by atoms with Gasteiger partial charge in [0.2, 0.25) is 5.91 Å². The summed E-state index contributed by atoms with van der Waals surface area (Å²) in [5.74, 6) is 0.981. The van der Waals surface area contributed by atoms with Gasteiger partial charge in [-0.2, -0.15) is 0 Å². The number of hydrogen-bond acceptors (Lipinski definition) is 3. The second-order valence-electron chi connectivity index (χ2n) is 6.31. The monoisotopic (exact) mass is 343 g/mol. The van der Waals surface area contributed by atoms with Crippen molar-refractivity contribution in [3.63, 3.8) is 0 Å². The normalized spacial score (nSPS) is 15.2. The van der Waals surface area contributed by atoms with Crippen LogP contribution in [0.1, 0.15) is 30.4 Å². The summed E-state index contributed by atoms with van der Waals surface area (Å²) in [5, 5.41) is 3.01. The van der Waals surface area contributed by atoms with Crippen LogP contribution in [0.5, 0.6) is 11.5 Å². The lowest BCUT2D eigenvalue weighted by Gasteiger charge is -2.40. The molecule has 1 saturated carbocycles. The average Bonchev–Trinajstić information content (AvgIpc) is 2.60. The Labute approximate surface area is 147 Å². The smallest absolute Gasteiger partial charge is 0.230 e. The van der Waals surface area contributed by atoms with Crippen molar-refractivity contribution in [1.82, 2.24) is 5.32 Å². The maximum atomic E-state index is 13.2. The third-order valence-corrected chi connectivity index (χ3v) is 4.94. The molecule has 3 rings (SSSR count). The molecule has 25 heavy (non-hydrogen) atoms.